The molecule has 0 aliphatic heterocycles. The van der Waals surface area contributed by atoms with Crippen molar-refractivity contribution in [2.45, 2.75) is 26.2 Å². The average Bonchev–Trinajstić information content (AvgIpc) is 3.10. The van der Waals surface area contributed by atoms with Gasteiger partial charge < -0.3 is 0 Å². The summed E-state index contributed by atoms with van der Waals surface area (Å²) in [7, 11) is 0. The van der Waals surface area contributed by atoms with Gasteiger partial charge in [-0.1, -0.05) is 63.2 Å². The zero-order chi connectivity index (χ0) is 20.9. The number of rotatable bonds is 2. The summed E-state index contributed by atoms with van der Waals surface area (Å²) in [6, 6.07) is 22.5. The first kappa shape index (κ1) is 18.4. The van der Waals surface area contributed by atoms with Crippen LogP contribution in [0.25, 0.3) is 39.4 Å². The summed E-state index contributed by atoms with van der Waals surface area (Å²) in [5.41, 5.74) is 5.58. The zero-order valence-electron chi connectivity index (χ0n) is 17.1. The highest BCUT2D eigenvalue weighted by molar-refractivity contribution is 5.86. The Morgan fingerprint density at radius 3 is 2.13 bits per heavy atom. The first-order chi connectivity index (χ1) is 14.4. The highest BCUT2D eigenvalue weighted by atomic mass is 19.1. The molecule has 0 N–H and O–H groups in total. The van der Waals surface area contributed by atoms with Crippen molar-refractivity contribution < 1.29 is 4.39 Å². The topological polar surface area (TPSA) is 43.6 Å². The van der Waals surface area contributed by atoms with E-state index in [1.807, 2.05) is 34.9 Å². The molecule has 0 amide bonds. The van der Waals surface area contributed by atoms with Crippen LogP contribution in [0.2, 0.25) is 0 Å². The van der Waals surface area contributed by atoms with Gasteiger partial charge in [-0.05, 0) is 41.3 Å². The third-order valence-corrected chi connectivity index (χ3v) is 5.25. The standard InChI is InChI=1S/C25H21FN4/c1-25(2,3)17-13-11-16(12-14-17)23-29-22-24(28-21-10-5-4-9-20(21)27-22)30(23)19-8-6-7-18(26)15-19/h4-15H,1-3H3. The van der Waals surface area contributed by atoms with Gasteiger partial charge in [0.05, 0.1) is 16.7 Å². The molecule has 0 aliphatic carbocycles. The van der Waals surface area contributed by atoms with Gasteiger partial charge in [0.15, 0.2) is 11.3 Å². The molecule has 148 valence electrons. The van der Waals surface area contributed by atoms with Crippen molar-refractivity contribution >= 4 is 22.3 Å². The molecule has 0 saturated heterocycles. The minimum absolute atomic E-state index is 0.0576. The molecule has 4 nitrogen and oxygen atoms in total. The fraction of sp³-hybridized carbons (Fsp3) is 0.160. The number of benzene rings is 3. The van der Waals surface area contributed by atoms with Crippen molar-refractivity contribution in [3.63, 3.8) is 0 Å². The minimum atomic E-state index is -0.308. The van der Waals surface area contributed by atoms with E-state index < -0.39 is 0 Å². The van der Waals surface area contributed by atoms with Crippen molar-refractivity contribution in [1.82, 2.24) is 19.5 Å². The molecule has 5 aromatic rings. The molecule has 0 spiro atoms. The van der Waals surface area contributed by atoms with Crippen molar-refractivity contribution in [2.24, 2.45) is 0 Å². The lowest BCUT2D eigenvalue weighted by molar-refractivity contribution is 0.590. The molecule has 0 fully saturated rings. The second kappa shape index (κ2) is 6.73. The highest BCUT2D eigenvalue weighted by Gasteiger charge is 2.19. The van der Waals surface area contributed by atoms with Crippen LogP contribution in [-0.4, -0.2) is 19.5 Å². The van der Waals surface area contributed by atoms with Gasteiger partial charge in [-0.2, -0.15) is 0 Å². The molecule has 2 aromatic heterocycles. The molecular weight excluding hydrogens is 375 g/mol. The Labute approximate surface area is 174 Å². The van der Waals surface area contributed by atoms with E-state index >= 15 is 0 Å². The van der Waals surface area contributed by atoms with Crippen LogP contribution in [-0.2, 0) is 5.41 Å². The van der Waals surface area contributed by atoms with Gasteiger partial charge in [0.2, 0.25) is 0 Å². The summed E-state index contributed by atoms with van der Waals surface area (Å²) in [5.74, 6) is 0.378. The van der Waals surface area contributed by atoms with Crippen molar-refractivity contribution in [2.75, 3.05) is 0 Å². The molecule has 3 aromatic carbocycles. The van der Waals surface area contributed by atoms with Crippen LogP contribution >= 0.6 is 0 Å². The molecule has 0 saturated carbocycles. The van der Waals surface area contributed by atoms with E-state index in [-0.39, 0.29) is 11.2 Å². The first-order valence-corrected chi connectivity index (χ1v) is 9.92. The normalized spacial score (nSPS) is 12.0. The van der Waals surface area contributed by atoms with Gasteiger partial charge in [0.25, 0.3) is 0 Å². The fourth-order valence-corrected chi connectivity index (χ4v) is 3.63. The van der Waals surface area contributed by atoms with Gasteiger partial charge in [-0.3, -0.25) is 4.57 Å². The van der Waals surface area contributed by atoms with Gasteiger partial charge in [0.1, 0.15) is 11.6 Å². The van der Waals surface area contributed by atoms with Crippen LogP contribution in [0.5, 0.6) is 0 Å². The Hall–Kier alpha value is -3.60. The summed E-state index contributed by atoms with van der Waals surface area (Å²) >= 11 is 0. The number of hydrogen-bond donors (Lipinski definition) is 0. The van der Waals surface area contributed by atoms with Gasteiger partial charge >= 0.3 is 0 Å². The Kier molecular flexibility index (Phi) is 4.13. The number of para-hydroxylation sites is 2. The second-order valence-electron chi connectivity index (χ2n) is 8.44. The smallest absolute Gasteiger partial charge is 0.199 e. The van der Waals surface area contributed by atoms with Crippen LogP contribution in [0, 0.1) is 5.82 Å². The number of fused-ring (bicyclic) bond motifs is 2. The predicted molar refractivity (Wildman–Crippen MR) is 118 cm³/mol. The zero-order valence-corrected chi connectivity index (χ0v) is 17.1. The van der Waals surface area contributed by atoms with E-state index in [0.717, 1.165) is 16.6 Å². The Morgan fingerprint density at radius 2 is 1.47 bits per heavy atom. The average molecular weight is 396 g/mol. The third kappa shape index (κ3) is 3.12. The molecule has 0 aliphatic rings. The summed E-state index contributed by atoms with van der Waals surface area (Å²) in [5, 5.41) is 0. The maximum atomic E-state index is 14.1. The van der Waals surface area contributed by atoms with E-state index in [0.29, 0.717) is 22.8 Å². The summed E-state index contributed by atoms with van der Waals surface area (Å²) in [4.78, 5) is 14.3. The Balaban J connectivity index is 1.80. The maximum absolute atomic E-state index is 14.1. The minimum Gasteiger partial charge on any atom is -0.275 e. The largest absolute Gasteiger partial charge is 0.275 e. The summed E-state index contributed by atoms with van der Waals surface area (Å²) in [6.07, 6.45) is 0. The maximum Gasteiger partial charge on any atom is 0.199 e. The van der Waals surface area contributed by atoms with Crippen LogP contribution in [0.15, 0.2) is 72.8 Å². The molecule has 2 heterocycles. The van der Waals surface area contributed by atoms with E-state index in [1.165, 1.54) is 17.7 Å². The van der Waals surface area contributed by atoms with Crippen LogP contribution in [0.1, 0.15) is 26.3 Å². The van der Waals surface area contributed by atoms with E-state index in [2.05, 4.69) is 45.0 Å². The lowest BCUT2D eigenvalue weighted by atomic mass is 9.87. The van der Waals surface area contributed by atoms with E-state index in [9.17, 15) is 4.39 Å². The Morgan fingerprint density at radius 1 is 0.767 bits per heavy atom. The summed E-state index contributed by atoms with van der Waals surface area (Å²) in [6.45, 7) is 6.55. The molecular formula is C25H21FN4. The van der Waals surface area contributed by atoms with Crippen LogP contribution in [0.3, 0.4) is 0 Å². The highest BCUT2D eigenvalue weighted by Crippen LogP contribution is 2.30. The molecule has 0 atom stereocenters. The number of nitrogens with zero attached hydrogens (tertiary/aromatic N) is 4. The van der Waals surface area contributed by atoms with E-state index in [4.69, 9.17) is 15.0 Å². The monoisotopic (exact) mass is 396 g/mol. The lowest BCUT2D eigenvalue weighted by Gasteiger charge is -2.19. The Bertz CT molecular complexity index is 1380. The van der Waals surface area contributed by atoms with Crippen molar-refractivity contribution in [3.05, 3.63) is 84.2 Å². The van der Waals surface area contributed by atoms with Crippen molar-refractivity contribution in [3.8, 4) is 17.1 Å². The first-order valence-electron chi connectivity index (χ1n) is 9.92. The summed E-state index contributed by atoms with van der Waals surface area (Å²) < 4.78 is 15.9. The molecule has 5 rings (SSSR count). The number of hydrogen-bond acceptors (Lipinski definition) is 3. The van der Waals surface area contributed by atoms with Crippen molar-refractivity contribution in [1.29, 1.82) is 0 Å². The molecule has 0 bridgehead atoms. The van der Waals surface area contributed by atoms with Gasteiger partial charge in [0, 0.05) is 5.56 Å². The predicted octanol–water partition coefficient (Wildman–Crippen LogP) is 6.07. The van der Waals surface area contributed by atoms with Crippen LogP contribution in [0.4, 0.5) is 4.39 Å². The molecule has 5 heteroatoms. The SMILES string of the molecule is CC(C)(C)c1ccc(-c2nc3nc4ccccc4nc3n2-c2cccc(F)c2)cc1. The quantitative estimate of drug-likeness (QED) is 0.364. The third-order valence-electron chi connectivity index (χ3n) is 5.25. The van der Waals surface area contributed by atoms with Gasteiger partial charge in [-0.25, -0.2) is 19.3 Å². The van der Waals surface area contributed by atoms with Gasteiger partial charge in [-0.15, -0.1) is 0 Å². The molecule has 0 unspecified atom stereocenters. The van der Waals surface area contributed by atoms with E-state index in [1.54, 1.807) is 6.07 Å². The van der Waals surface area contributed by atoms with Crippen LogP contribution < -0.4 is 0 Å². The number of imidazole rings is 1. The molecule has 0 radical (unpaired) electrons. The lowest BCUT2D eigenvalue weighted by Crippen LogP contribution is -2.10. The fourth-order valence-electron chi connectivity index (χ4n) is 3.63. The number of aromatic nitrogens is 4. The number of halogens is 1. The molecule has 30 heavy (non-hydrogen) atoms. The second-order valence-corrected chi connectivity index (χ2v) is 8.44.